The zero-order valence-corrected chi connectivity index (χ0v) is 41.1. The predicted molar refractivity (Wildman–Crippen MR) is 269 cm³/mol. The van der Waals surface area contributed by atoms with E-state index in [1.165, 1.54) is 36.0 Å². The number of piperazine rings is 1. The van der Waals surface area contributed by atoms with Crippen LogP contribution in [0.2, 0.25) is 0 Å². The third-order valence-corrected chi connectivity index (χ3v) is 17.0. The van der Waals surface area contributed by atoms with Gasteiger partial charge < -0.3 is 29.7 Å². The van der Waals surface area contributed by atoms with Crippen molar-refractivity contribution in [3.63, 3.8) is 0 Å². The molecule has 0 bridgehead atoms. The first-order chi connectivity index (χ1) is 33.4. The molecule has 0 unspecified atom stereocenters. The molecule has 70 heavy (non-hydrogen) atoms. The number of benzene rings is 5. The molecule has 2 aliphatic heterocycles. The molecule has 370 valence electrons. The summed E-state index contributed by atoms with van der Waals surface area (Å²) in [4.78, 5) is 18.3. The van der Waals surface area contributed by atoms with Crippen LogP contribution in [0.15, 0.2) is 136 Å². The number of aromatic carboxylic acids is 1. The number of carboxylic acids is 1. The Hall–Kier alpha value is -6.02. The highest BCUT2D eigenvalue weighted by molar-refractivity contribution is 7.99. The van der Waals surface area contributed by atoms with E-state index in [2.05, 4.69) is 24.7 Å². The number of sulfone groups is 1. The van der Waals surface area contributed by atoms with Gasteiger partial charge in [0.05, 0.1) is 21.8 Å². The van der Waals surface area contributed by atoms with Crippen molar-refractivity contribution in [1.82, 2.24) is 9.47 Å². The van der Waals surface area contributed by atoms with Crippen LogP contribution >= 0.6 is 11.8 Å². The average Bonchev–Trinajstić information content (AvgIpc) is 3.62. The number of nitrogens with zero attached hydrogens (tertiary/aromatic N) is 4. The molecular formula is C51H54F4N6O6S3. The van der Waals surface area contributed by atoms with E-state index in [1.54, 1.807) is 38.2 Å². The van der Waals surface area contributed by atoms with Crippen LogP contribution in [0.4, 0.5) is 40.3 Å². The summed E-state index contributed by atoms with van der Waals surface area (Å²) in [6.07, 6.45) is 3.75. The lowest BCUT2D eigenvalue weighted by atomic mass is 9.96. The summed E-state index contributed by atoms with van der Waals surface area (Å²) in [6.45, 7) is 6.58. The normalized spacial score (nSPS) is 15.5. The van der Waals surface area contributed by atoms with Gasteiger partial charge in [-0.15, -0.1) is 11.8 Å². The fourth-order valence-corrected chi connectivity index (χ4v) is 12.2. The lowest BCUT2D eigenvalue weighted by Crippen LogP contribution is -2.46. The number of piperidine rings is 1. The van der Waals surface area contributed by atoms with Crippen molar-refractivity contribution in [3.05, 3.63) is 138 Å². The van der Waals surface area contributed by atoms with Crippen molar-refractivity contribution < 1.29 is 44.3 Å². The summed E-state index contributed by atoms with van der Waals surface area (Å²) in [5.74, 6) is -1.06. The zero-order valence-electron chi connectivity index (χ0n) is 38.6. The molecule has 0 amide bonds. The highest BCUT2D eigenvalue weighted by atomic mass is 32.2. The van der Waals surface area contributed by atoms with Gasteiger partial charge >= 0.3 is 11.5 Å². The molecule has 0 aliphatic carbocycles. The number of hydrogen-bond acceptors (Lipinski definition) is 10. The number of likely N-dealkylation sites (tertiary alicyclic amines) is 1. The van der Waals surface area contributed by atoms with Crippen molar-refractivity contribution in [3.8, 4) is 22.4 Å². The minimum Gasteiger partial charge on any atom is -0.478 e. The quantitative estimate of drug-likeness (QED) is 0.0593. The van der Waals surface area contributed by atoms with E-state index >= 15 is 0 Å². The van der Waals surface area contributed by atoms with E-state index in [0.717, 1.165) is 60.8 Å². The van der Waals surface area contributed by atoms with E-state index in [-0.39, 0.29) is 16.9 Å². The van der Waals surface area contributed by atoms with Crippen LogP contribution in [-0.4, -0.2) is 100 Å². The molecule has 3 N–H and O–H groups in total. The maximum Gasteiger partial charge on any atom is 0.501 e. The molecule has 0 spiro atoms. The second-order valence-electron chi connectivity index (χ2n) is 17.5. The molecule has 19 heteroatoms. The monoisotopic (exact) mass is 1020 g/mol. The van der Waals surface area contributed by atoms with Crippen LogP contribution in [0.3, 0.4) is 0 Å². The summed E-state index contributed by atoms with van der Waals surface area (Å²) in [5.41, 5.74) is -0.946. The Morgan fingerprint density at radius 2 is 1.41 bits per heavy atom. The molecule has 3 heterocycles. The number of nitrogens with one attached hydrogen (secondary N) is 2. The predicted octanol–water partition coefficient (Wildman–Crippen LogP) is 10.4. The number of carbonyl (C=O) groups is 1. The van der Waals surface area contributed by atoms with Gasteiger partial charge in [-0.05, 0) is 141 Å². The number of thioether (sulfide) groups is 1. The van der Waals surface area contributed by atoms with E-state index in [4.69, 9.17) is 0 Å². The number of carboxylic acid groups (broad SMARTS) is 1. The third kappa shape index (κ3) is 11.3. The molecule has 1 aromatic heterocycles. The molecule has 8 rings (SSSR count). The summed E-state index contributed by atoms with van der Waals surface area (Å²) >= 11 is 1.49. The largest absolute Gasteiger partial charge is 0.501 e. The highest BCUT2D eigenvalue weighted by Crippen LogP contribution is 2.41. The van der Waals surface area contributed by atoms with Gasteiger partial charge in [0.1, 0.15) is 10.7 Å². The summed E-state index contributed by atoms with van der Waals surface area (Å²) in [6, 6.07) is 31.9. The first-order valence-electron chi connectivity index (χ1n) is 22.9. The maximum atomic E-state index is 14.3. The second kappa shape index (κ2) is 21.1. The number of aromatic nitrogens is 1. The fourth-order valence-electron chi connectivity index (χ4n) is 9.11. The van der Waals surface area contributed by atoms with Gasteiger partial charge in [0, 0.05) is 84.8 Å². The molecule has 6 aromatic rings. The Bertz CT molecular complexity index is 3030. The van der Waals surface area contributed by atoms with E-state index in [1.807, 2.05) is 59.2 Å². The minimum atomic E-state index is -6.00. The molecule has 2 aliphatic rings. The smallest absolute Gasteiger partial charge is 0.478 e. The number of hydrogen-bond donors (Lipinski definition) is 3. The molecule has 12 nitrogen and oxygen atoms in total. The molecule has 0 radical (unpaired) electrons. The van der Waals surface area contributed by atoms with Crippen molar-refractivity contribution in [2.75, 3.05) is 71.4 Å². The number of sulfonamides is 1. The van der Waals surface area contributed by atoms with Gasteiger partial charge in [-0.1, -0.05) is 36.8 Å². The lowest BCUT2D eigenvalue weighted by molar-refractivity contribution is -0.0435. The van der Waals surface area contributed by atoms with Crippen LogP contribution in [0.5, 0.6) is 0 Å². The molecular weight excluding hydrogens is 965 g/mol. The first-order valence-corrected chi connectivity index (χ1v) is 26.9. The summed E-state index contributed by atoms with van der Waals surface area (Å²) in [7, 11) is -8.79. The maximum absolute atomic E-state index is 14.3. The van der Waals surface area contributed by atoms with Gasteiger partial charge in [0.2, 0.25) is 0 Å². The van der Waals surface area contributed by atoms with Crippen LogP contribution in [-0.2, 0) is 26.9 Å². The zero-order chi connectivity index (χ0) is 49.8. The molecule has 2 saturated heterocycles. The Morgan fingerprint density at radius 3 is 2.06 bits per heavy atom. The van der Waals surface area contributed by atoms with Gasteiger partial charge in [-0.2, -0.15) is 13.2 Å². The van der Waals surface area contributed by atoms with Gasteiger partial charge in [-0.25, -0.2) is 26.0 Å². The fraction of sp³-hybridized carbons (Fsp3) is 0.314. The van der Waals surface area contributed by atoms with Crippen molar-refractivity contribution >= 4 is 60.3 Å². The van der Waals surface area contributed by atoms with Gasteiger partial charge in [-0.3, -0.25) is 4.72 Å². The lowest BCUT2D eigenvalue weighted by Gasteiger charge is -2.37. The molecule has 1 atom stereocenters. The van der Waals surface area contributed by atoms with Crippen LogP contribution in [0.25, 0.3) is 22.4 Å². The first kappa shape index (κ1) is 50.4. The SMILES string of the molecule is Cc1c(C(=O)O)c(-c2cccc(N3CCN(c4ccc(NS(=O)(=O)c5ccc(N[C@H](CCN6CCCCC6)CSc6ccccc6)c(S(=O)(=O)C(F)(F)F)c5)cc4)CC3)c2)c(-c2ccc(F)cc2)n1C. The molecule has 0 saturated carbocycles. The standard InChI is InChI=1S/C51H54F4N6O6S3/c1-35-47(50(62)63)48(49(58(35)2)36-14-16-38(52)17-15-36)37-10-9-11-42(32-37)61-30-28-60(29-31-61)41-20-18-39(19-21-41)57-70(66,67)44-22-23-45(46(33-44)69(64,65)51(53,54)55)56-40(24-27-59-25-7-4-8-26-59)34-68-43-12-5-3-6-13-43/h3,5-6,9-23,32-33,40,56-57H,4,7-8,24-31,34H2,1-2H3,(H,62,63)/t40-/m1/s1. The summed E-state index contributed by atoms with van der Waals surface area (Å²) < 4.78 is 115. The number of alkyl halides is 3. The Labute approximate surface area is 410 Å². The van der Waals surface area contributed by atoms with Gasteiger partial charge in [0.15, 0.2) is 0 Å². The number of anilines is 4. The third-order valence-electron chi connectivity index (χ3n) is 12.9. The second-order valence-corrected chi connectivity index (χ2v) is 22.2. The van der Waals surface area contributed by atoms with Crippen molar-refractivity contribution in [2.24, 2.45) is 7.05 Å². The van der Waals surface area contributed by atoms with Crippen LogP contribution in [0.1, 0.15) is 41.7 Å². The number of rotatable bonds is 17. The Morgan fingerprint density at radius 1 is 0.757 bits per heavy atom. The average molecular weight is 1020 g/mol. The van der Waals surface area contributed by atoms with Crippen LogP contribution in [0, 0.1) is 12.7 Å². The van der Waals surface area contributed by atoms with Gasteiger partial charge in [0.25, 0.3) is 19.9 Å². The van der Waals surface area contributed by atoms with Crippen molar-refractivity contribution in [1.29, 1.82) is 0 Å². The van der Waals surface area contributed by atoms with Crippen molar-refractivity contribution in [2.45, 2.75) is 58.8 Å². The Balaban J connectivity index is 0.961. The summed E-state index contributed by atoms with van der Waals surface area (Å²) in [5, 5.41) is 13.4. The van der Waals surface area contributed by atoms with Crippen LogP contribution < -0.4 is 19.8 Å². The van der Waals surface area contributed by atoms with E-state index in [0.29, 0.717) is 79.0 Å². The van der Waals surface area contributed by atoms with E-state index in [9.17, 15) is 44.3 Å². The molecule has 2 fully saturated rings. The molecule has 5 aromatic carbocycles. The minimum absolute atomic E-state index is 0.120. The van der Waals surface area contributed by atoms with E-state index < -0.39 is 53.0 Å². The number of halogens is 4. The highest BCUT2D eigenvalue weighted by Gasteiger charge is 2.48. The topological polar surface area (TPSA) is 144 Å². The Kier molecular flexibility index (Phi) is 15.2.